The van der Waals surface area contributed by atoms with Gasteiger partial charge in [-0.2, -0.15) is 0 Å². The van der Waals surface area contributed by atoms with Crippen LogP contribution >= 0.6 is 0 Å². The van der Waals surface area contributed by atoms with Gasteiger partial charge in [-0.25, -0.2) is 0 Å². The van der Waals surface area contributed by atoms with Crippen molar-refractivity contribution in [3.05, 3.63) is 0 Å². The molecule has 0 aliphatic carbocycles. The van der Waals surface area contributed by atoms with E-state index in [2.05, 4.69) is 16.6 Å². The molecule has 0 aromatic heterocycles. The summed E-state index contributed by atoms with van der Waals surface area (Å²) in [6.07, 6.45) is 5.00. The average Bonchev–Trinajstić information content (AvgIpc) is 2.09. The number of carbonyl (C=O) groups is 1. The number of hydrogen-bond acceptors (Lipinski definition) is 3. The Balaban J connectivity index is 3.80. The molecule has 0 aliphatic rings. The number of rotatable bonds is 5. The van der Waals surface area contributed by atoms with Gasteiger partial charge in [0.15, 0.2) is 0 Å². The highest BCUT2D eigenvalue weighted by Gasteiger charge is 2.17. The standard InChI is InChI=1S/C10H18N2O2/c1-5-6-11-9(13)8(2)12-7-10(3,4)14/h1,8,12,14H,6-7H2,2-4H3,(H,11,13). The largest absolute Gasteiger partial charge is 0.389 e. The molecule has 1 amide bonds. The average molecular weight is 198 g/mol. The third kappa shape index (κ3) is 6.46. The molecule has 0 rings (SSSR count). The molecule has 0 aliphatic heterocycles. The van der Waals surface area contributed by atoms with Crippen molar-refractivity contribution in [2.24, 2.45) is 0 Å². The molecule has 0 heterocycles. The van der Waals surface area contributed by atoms with Gasteiger partial charge in [-0.15, -0.1) is 6.42 Å². The minimum Gasteiger partial charge on any atom is -0.389 e. The van der Waals surface area contributed by atoms with Crippen molar-refractivity contribution < 1.29 is 9.90 Å². The predicted octanol–water partition coefficient (Wildman–Crippen LogP) is -0.515. The first-order valence-corrected chi connectivity index (χ1v) is 4.54. The molecule has 0 fully saturated rings. The number of nitrogens with one attached hydrogen (secondary N) is 2. The fourth-order valence-corrected chi connectivity index (χ4v) is 0.787. The first-order valence-electron chi connectivity index (χ1n) is 4.54. The number of aliphatic hydroxyl groups is 1. The summed E-state index contributed by atoms with van der Waals surface area (Å²) in [5, 5.41) is 14.8. The van der Waals surface area contributed by atoms with Gasteiger partial charge in [-0.1, -0.05) is 5.92 Å². The molecule has 0 spiro atoms. The second-order valence-corrected chi connectivity index (χ2v) is 3.84. The molecule has 0 aromatic rings. The van der Waals surface area contributed by atoms with Crippen LogP contribution in [0.15, 0.2) is 0 Å². The van der Waals surface area contributed by atoms with Crippen molar-refractivity contribution in [3.63, 3.8) is 0 Å². The zero-order chi connectivity index (χ0) is 11.2. The third-order valence-electron chi connectivity index (χ3n) is 1.60. The highest BCUT2D eigenvalue weighted by molar-refractivity contribution is 5.81. The highest BCUT2D eigenvalue weighted by Crippen LogP contribution is 1.98. The van der Waals surface area contributed by atoms with Gasteiger partial charge in [-0.05, 0) is 20.8 Å². The summed E-state index contributed by atoms with van der Waals surface area (Å²) in [6.45, 7) is 5.65. The first kappa shape index (κ1) is 12.9. The number of terminal acetylenes is 1. The molecule has 1 atom stereocenters. The van der Waals surface area contributed by atoms with Crippen LogP contribution in [0, 0.1) is 12.3 Å². The Morgan fingerprint density at radius 2 is 2.21 bits per heavy atom. The minimum atomic E-state index is -0.819. The fraction of sp³-hybridized carbons (Fsp3) is 0.700. The molecule has 3 N–H and O–H groups in total. The molecule has 0 saturated carbocycles. The second kappa shape index (κ2) is 5.63. The van der Waals surface area contributed by atoms with Crippen molar-refractivity contribution in [1.29, 1.82) is 0 Å². The summed E-state index contributed by atoms with van der Waals surface area (Å²) in [5.74, 6) is 2.16. The summed E-state index contributed by atoms with van der Waals surface area (Å²) < 4.78 is 0. The van der Waals surface area contributed by atoms with Gasteiger partial charge in [0.05, 0.1) is 18.2 Å². The molecule has 80 valence electrons. The first-order chi connectivity index (χ1) is 6.37. The van der Waals surface area contributed by atoms with E-state index in [4.69, 9.17) is 6.42 Å². The van der Waals surface area contributed by atoms with E-state index in [1.807, 2.05) is 0 Å². The SMILES string of the molecule is C#CCNC(=O)C(C)NCC(C)(C)O. The van der Waals surface area contributed by atoms with Gasteiger partial charge in [0, 0.05) is 6.54 Å². The van der Waals surface area contributed by atoms with E-state index in [1.165, 1.54) is 0 Å². The molecule has 4 nitrogen and oxygen atoms in total. The van der Waals surface area contributed by atoms with E-state index in [0.29, 0.717) is 6.54 Å². The minimum absolute atomic E-state index is 0.160. The van der Waals surface area contributed by atoms with E-state index in [0.717, 1.165) is 0 Å². The smallest absolute Gasteiger partial charge is 0.237 e. The molecule has 14 heavy (non-hydrogen) atoms. The van der Waals surface area contributed by atoms with E-state index in [1.54, 1.807) is 20.8 Å². The lowest BCUT2D eigenvalue weighted by atomic mass is 10.1. The van der Waals surface area contributed by atoms with Crippen molar-refractivity contribution in [2.45, 2.75) is 32.4 Å². The van der Waals surface area contributed by atoms with Crippen LogP contribution < -0.4 is 10.6 Å². The van der Waals surface area contributed by atoms with Crippen LogP contribution in [-0.2, 0) is 4.79 Å². The molecular weight excluding hydrogens is 180 g/mol. The lowest BCUT2D eigenvalue weighted by Crippen LogP contribution is -2.47. The molecule has 0 bridgehead atoms. The maximum absolute atomic E-state index is 11.3. The normalized spacial score (nSPS) is 13.1. The van der Waals surface area contributed by atoms with E-state index < -0.39 is 5.60 Å². The summed E-state index contributed by atoms with van der Waals surface area (Å²) in [4.78, 5) is 11.3. The Morgan fingerprint density at radius 1 is 1.64 bits per heavy atom. The maximum atomic E-state index is 11.3. The Hall–Kier alpha value is -1.05. The Bertz CT molecular complexity index is 225. The van der Waals surface area contributed by atoms with Crippen LogP contribution in [0.1, 0.15) is 20.8 Å². The fourth-order valence-electron chi connectivity index (χ4n) is 0.787. The quantitative estimate of drug-likeness (QED) is 0.521. The van der Waals surface area contributed by atoms with E-state index >= 15 is 0 Å². The molecule has 4 heteroatoms. The van der Waals surface area contributed by atoms with E-state index in [-0.39, 0.29) is 18.5 Å². The second-order valence-electron chi connectivity index (χ2n) is 3.84. The van der Waals surface area contributed by atoms with Crippen LogP contribution in [0.3, 0.4) is 0 Å². The Labute approximate surface area is 85.1 Å². The summed E-state index contributed by atoms with van der Waals surface area (Å²) >= 11 is 0. The molecule has 0 radical (unpaired) electrons. The summed E-state index contributed by atoms with van der Waals surface area (Å²) in [5.41, 5.74) is -0.819. The maximum Gasteiger partial charge on any atom is 0.237 e. The summed E-state index contributed by atoms with van der Waals surface area (Å²) in [7, 11) is 0. The van der Waals surface area contributed by atoms with Crippen LogP contribution in [0.4, 0.5) is 0 Å². The van der Waals surface area contributed by atoms with Gasteiger partial charge in [-0.3, -0.25) is 4.79 Å². The zero-order valence-corrected chi connectivity index (χ0v) is 8.92. The van der Waals surface area contributed by atoms with Gasteiger partial charge in [0.25, 0.3) is 0 Å². The van der Waals surface area contributed by atoms with Crippen molar-refractivity contribution in [2.75, 3.05) is 13.1 Å². The van der Waals surface area contributed by atoms with Gasteiger partial charge >= 0.3 is 0 Å². The van der Waals surface area contributed by atoms with Gasteiger partial charge < -0.3 is 15.7 Å². The Kier molecular flexibility index (Phi) is 5.21. The van der Waals surface area contributed by atoms with Crippen molar-refractivity contribution in [1.82, 2.24) is 10.6 Å². The Morgan fingerprint density at radius 3 is 2.64 bits per heavy atom. The number of hydrogen-bond donors (Lipinski definition) is 3. The lowest BCUT2D eigenvalue weighted by molar-refractivity contribution is -0.122. The zero-order valence-electron chi connectivity index (χ0n) is 8.92. The molecule has 0 saturated heterocycles. The highest BCUT2D eigenvalue weighted by atomic mass is 16.3. The lowest BCUT2D eigenvalue weighted by Gasteiger charge is -2.20. The third-order valence-corrected chi connectivity index (χ3v) is 1.60. The predicted molar refractivity (Wildman–Crippen MR) is 55.6 cm³/mol. The number of amides is 1. The topological polar surface area (TPSA) is 61.4 Å². The van der Waals surface area contributed by atoms with Gasteiger partial charge in [0.2, 0.25) is 5.91 Å². The van der Waals surface area contributed by atoms with Gasteiger partial charge in [0.1, 0.15) is 0 Å². The molecule has 0 aromatic carbocycles. The number of carbonyl (C=O) groups excluding carboxylic acids is 1. The van der Waals surface area contributed by atoms with Crippen molar-refractivity contribution >= 4 is 5.91 Å². The molecular formula is C10H18N2O2. The van der Waals surface area contributed by atoms with E-state index in [9.17, 15) is 9.90 Å². The molecule has 1 unspecified atom stereocenters. The summed E-state index contributed by atoms with van der Waals surface area (Å²) in [6, 6.07) is -0.352. The van der Waals surface area contributed by atoms with Crippen LogP contribution in [0.2, 0.25) is 0 Å². The van der Waals surface area contributed by atoms with Crippen LogP contribution in [0.25, 0.3) is 0 Å². The van der Waals surface area contributed by atoms with Crippen molar-refractivity contribution in [3.8, 4) is 12.3 Å². The van der Waals surface area contributed by atoms with Crippen LogP contribution in [-0.4, -0.2) is 35.7 Å². The van der Waals surface area contributed by atoms with Crippen LogP contribution in [0.5, 0.6) is 0 Å². The monoisotopic (exact) mass is 198 g/mol.